The summed E-state index contributed by atoms with van der Waals surface area (Å²) in [6.45, 7) is 5.75. The highest BCUT2D eigenvalue weighted by atomic mass is 35.5. The average molecular weight is 447 g/mol. The van der Waals surface area contributed by atoms with E-state index in [4.69, 9.17) is 16.3 Å². The molecule has 4 heterocycles. The van der Waals surface area contributed by atoms with Gasteiger partial charge in [-0.1, -0.05) is 17.7 Å². The number of likely N-dealkylation sites (tertiary alicyclic amines) is 1. The van der Waals surface area contributed by atoms with Crippen molar-refractivity contribution < 1.29 is 13.9 Å². The van der Waals surface area contributed by atoms with Gasteiger partial charge in [0, 0.05) is 6.54 Å². The van der Waals surface area contributed by atoms with Crippen molar-refractivity contribution in [2.24, 2.45) is 0 Å². The third-order valence-electron chi connectivity index (χ3n) is 4.87. The van der Waals surface area contributed by atoms with Crippen molar-refractivity contribution in [1.82, 2.24) is 24.5 Å². The lowest BCUT2D eigenvalue weighted by Gasteiger charge is -2.36. The van der Waals surface area contributed by atoms with Crippen molar-refractivity contribution in [2.75, 3.05) is 18.4 Å². The molecule has 1 saturated heterocycles. The van der Waals surface area contributed by atoms with Gasteiger partial charge in [-0.05, 0) is 51.5 Å². The normalized spacial score (nSPS) is 19.5. The molecule has 1 aliphatic rings. The Morgan fingerprint density at radius 2 is 2.10 bits per heavy atom. The number of nitrogens with one attached hydrogen (secondary N) is 1. The average Bonchev–Trinajstić information content (AvgIpc) is 3.11. The molecule has 3 aromatic heterocycles. The number of piperidine rings is 1. The molecule has 31 heavy (non-hydrogen) atoms. The molecule has 164 valence electrons. The second-order valence-corrected chi connectivity index (χ2v) is 8.85. The van der Waals surface area contributed by atoms with Crippen LogP contribution < -0.4 is 5.32 Å². The SMILES string of the molecule is CC(C)(C)OC(=O)N1CC[C@H](Nc2cccc(-c3cnc4ccc(Cl)nn34)n2)[C@@H](F)C1. The van der Waals surface area contributed by atoms with Crippen LogP contribution >= 0.6 is 11.6 Å². The van der Waals surface area contributed by atoms with E-state index in [9.17, 15) is 9.18 Å². The summed E-state index contributed by atoms with van der Waals surface area (Å²) in [5.74, 6) is 0.535. The number of carbonyl (C=O) groups is 1. The molecule has 0 aromatic carbocycles. The van der Waals surface area contributed by atoms with E-state index in [0.717, 1.165) is 0 Å². The quantitative estimate of drug-likeness (QED) is 0.649. The van der Waals surface area contributed by atoms with Crippen LogP contribution in [0.25, 0.3) is 17.0 Å². The number of aromatic nitrogens is 4. The number of alkyl halides is 1. The largest absolute Gasteiger partial charge is 0.444 e. The minimum Gasteiger partial charge on any atom is -0.444 e. The Hall–Kier alpha value is -2.94. The van der Waals surface area contributed by atoms with Gasteiger partial charge in [0.1, 0.15) is 28.4 Å². The number of rotatable bonds is 3. The lowest BCUT2D eigenvalue weighted by Crippen LogP contribution is -2.51. The van der Waals surface area contributed by atoms with Gasteiger partial charge in [0.2, 0.25) is 0 Å². The van der Waals surface area contributed by atoms with Crippen LogP contribution in [0.2, 0.25) is 5.15 Å². The Balaban J connectivity index is 1.46. The first-order valence-electron chi connectivity index (χ1n) is 10.1. The summed E-state index contributed by atoms with van der Waals surface area (Å²) in [4.78, 5) is 22.5. The molecular weight excluding hydrogens is 423 g/mol. The lowest BCUT2D eigenvalue weighted by atomic mass is 10.0. The number of hydrogen-bond donors (Lipinski definition) is 1. The minimum atomic E-state index is -1.25. The first kappa shape index (κ1) is 21.3. The van der Waals surface area contributed by atoms with Crippen molar-refractivity contribution in [3.05, 3.63) is 41.7 Å². The molecule has 1 N–H and O–H groups in total. The second kappa shape index (κ2) is 8.30. The van der Waals surface area contributed by atoms with Gasteiger partial charge in [-0.3, -0.25) is 0 Å². The van der Waals surface area contributed by atoms with Gasteiger partial charge < -0.3 is 15.0 Å². The second-order valence-electron chi connectivity index (χ2n) is 8.46. The number of ether oxygens (including phenoxy) is 1. The number of nitrogens with zero attached hydrogens (tertiary/aromatic N) is 5. The summed E-state index contributed by atoms with van der Waals surface area (Å²) < 4.78 is 21.8. The number of hydrogen-bond acceptors (Lipinski definition) is 6. The number of halogens is 2. The molecule has 1 fully saturated rings. The van der Waals surface area contributed by atoms with Crippen LogP contribution in [0.4, 0.5) is 15.0 Å². The van der Waals surface area contributed by atoms with Crippen LogP contribution in [0.15, 0.2) is 36.5 Å². The van der Waals surface area contributed by atoms with E-state index in [-0.39, 0.29) is 6.54 Å². The van der Waals surface area contributed by atoms with Gasteiger partial charge in [0.25, 0.3) is 0 Å². The minimum absolute atomic E-state index is 0.0258. The molecule has 3 aromatic rings. The maximum atomic E-state index is 14.8. The van der Waals surface area contributed by atoms with Gasteiger partial charge in [0.05, 0.1) is 24.5 Å². The van der Waals surface area contributed by atoms with E-state index in [1.54, 1.807) is 49.7 Å². The number of imidazole rings is 1. The summed E-state index contributed by atoms with van der Waals surface area (Å²) in [5.41, 5.74) is 1.35. The highest BCUT2D eigenvalue weighted by Crippen LogP contribution is 2.24. The molecule has 10 heteroatoms. The Labute approximate surface area is 184 Å². The number of pyridine rings is 1. The number of amides is 1. The van der Waals surface area contributed by atoms with Crippen molar-refractivity contribution in [1.29, 1.82) is 0 Å². The van der Waals surface area contributed by atoms with Crippen molar-refractivity contribution in [2.45, 2.75) is 45.0 Å². The first-order valence-corrected chi connectivity index (χ1v) is 10.4. The Morgan fingerprint density at radius 3 is 2.84 bits per heavy atom. The fraction of sp³-hybridized carbons (Fsp3) is 0.429. The van der Waals surface area contributed by atoms with Crippen LogP contribution in [-0.4, -0.2) is 61.5 Å². The molecule has 0 saturated carbocycles. The maximum Gasteiger partial charge on any atom is 0.410 e. The van der Waals surface area contributed by atoms with E-state index in [1.807, 2.05) is 12.1 Å². The molecule has 0 radical (unpaired) electrons. The van der Waals surface area contributed by atoms with Crippen molar-refractivity contribution in [3.63, 3.8) is 0 Å². The summed E-state index contributed by atoms with van der Waals surface area (Å²) in [7, 11) is 0. The molecule has 0 spiro atoms. The number of anilines is 1. The van der Waals surface area contributed by atoms with E-state index in [1.165, 1.54) is 4.90 Å². The highest BCUT2D eigenvalue weighted by Gasteiger charge is 2.33. The van der Waals surface area contributed by atoms with Gasteiger partial charge in [-0.2, -0.15) is 5.10 Å². The molecule has 0 aliphatic carbocycles. The van der Waals surface area contributed by atoms with Crippen LogP contribution in [0.3, 0.4) is 0 Å². The molecule has 1 amide bonds. The third kappa shape index (κ3) is 4.87. The topological polar surface area (TPSA) is 84.6 Å². The van der Waals surface area contributed by atoms with E-state index in [2.05, 4.69) is 20.4 Å². The van der Waals surface area contributed by atoms with E-state index in [0.29, 0.717) is 41.0 Å². The summed E-state index contributed by atoms with van der Waals surface area (Å²) in [6.07, 6.45) is 0.372. The molecule has 1 aliphatic heterocycles. The first-order chi connectivity index (χ1) is 14.7. The zero-order valence-corrected chi connectivity index (χ0v) is 18.3. The zero-order valence-electron chi connectivity index (χ0n) is 17.5. The van der Waals surface area contributed by atoms with Crippen molar-refractivity contribution >= 4 is 29.2 Å². The van der Waals surface area contributed by atoms with Crippen molar-refractivity contribution in [3.8, 4) is 11.4 Å². The number of fused-ring (bicyclic) bond motifs is 1. The predicted octanol–water partition coefficient (Wildman–Crippen LogP) is 4.20. The summed E-state index contributed by atoms with van der Waals surface area (Å²) in [5, 5.41) is 7.77. The lowest BCUT2D eigenvalue weighted by molar-refractivity contribution is 0.0125. The molecule has 4 rings (SSSR count). The molecule has 0 unspecified atom stereocenters. The van der Waals surface area contributed by atoms with Crippen LogP contribution in [-0.2, 0) is 4.74 Å². The van der Waals surface area contributed by atoms with E-state index < -0.39 is 23.9 Å². The molecule has 2 atom stereocenters. The fourth-order valence-corrected chi connectivity index (χ4v) is 3.57. The Bertz CT molecular complexity index is 1100. The van der Waals surface area contributed by atoms with Crippen LogP contribution in [0.1, 0.15) is 27.2 Å². The van der Waals surface area contributed by atoms with Crippen LogP contribution in [0, 0.1) is 0 Å². The molecule has 8 nitrogen and oxygen atoms in total. The van der Waals surface area contributed by atoms with Gasteiger partial charge in [-0.15, -0.1) is 0 Å². The Morgan fingerprint density at radius 1 is 1.29 bits per heavy atom. The summed E-state index contributed by atoms with van der Waals surface area (Å²) in [6, 6.07) is 8.42. The smallest absolute Gasteiger partial charge is 0.410 e. The molecular formula is C21H24ClFN6O2. The van der Waals surface area contributed by atoms with Gasteiger partial charge in [-0.25, -0.2) is 23.7 Å². The predicted molar refractivity (Wildman–Crippen MR) is 116 cm³/mol. The fourth-order valence-electron chi connectivity index (χ4n) is 3.43. The van der Waals surface area contributed by atoms with Gasteiger partial charge >= 0.3 is 6.09 Å². The summed E-state index contributed by atoms with van der Waals surface area (Å²) >= 11 is 6.01. The van der Waals surface area contributed by atoms with Crippen LogP contribution in [0.5, 0.6) is 0 Å². The standard InChI is InChI=1S/C21H24ClFN6O2/c1-21(2,3)31-20(30)28-10-9-14(13(23)12-28)25-18-6-4-5-15(26-18)16-11-24-19-8-7-17(22)27-29(16)19/h4-8,11,13-14H,9-10,12H2,1-3H3,(H,25,26)/t13-,14-/m0/s1. The van der Waals surface area contributed by atoms with Gasteiger partial charge in [0.15, 0.2) is 5.65 Å². The number of carbonyl (C=O) groups excluding carboxylic acids is 1. The maximum absolute atomic E-state index is 14.8. The third-order valence-corrected chi connectivity index (χ3v) is 5.07. The zero-order chi connectivity index (χ0) is 22.2. The van der Waals surface area contributed by atoms with E-state index >= 15 is 0 Å². The highest BCUT2D eigenvalue weighted by molar-refractivity contribution is 6.29. The molecule has 0 bridgehead atoms. The Kier molecular flexibility index (Phi) is 5.70. The monoisotopic (exact) mass is 446 g/mol.